The van der Waals surface area contributed by atoms with Crippen LogP contribution >= 0.6 is 0 Å². The van der Waals surface area contributed by atoms with Crippen LogP contribution in [0.25, 0.3) is 0 Å². The molecule has 0 saturated heterocycles. The summed E-state index contributed by atoms with van der Waals surface area (Å²) in [5, 5.41) is 11.8. The van der Waals surface area contributed by atoms with E-state index in [0.717, 1.165) is 6.42 Å². The van der Waals surface area contributed by atoms with Crippen molar-refractivity contribution in [3.05, 3.63) is 0 Å². The lowest BCUT2D eigenvalue weighted by Crippen LogP contribution is -2.36. The molecule has 1 amide bonds. The maximum atomic E-state index is 11.5. The summed E-state index contributed by atoms with van der Waals surface area (Å²) in [6.07, 6.45) is 0.751. The molecule has 0 bridgehead atoms. The topological polar surface area (TPSA) is 58.6 Å². The number of aliphatic hydroxyl groups excluding tert-OH is 1. The van der Waals surface area contributed by atoms with Crippen molar-refractivity contribution in [3.8, 4) is 0 Å². The molecule has 0 heterocycles. The van der Waals surface area contributed by atoms with E-state index in [1.807, 2.05) is 0 Å². The molecule has 4 nitrogen and oxygen atoms in total. The second-order valence-electron chi connectivity index (χ2n) is 4.62. The Morgan fingerprint density at radius 3 is 2.38 bits per heavy atom. The molecule has 16 heavy (non-hydrogen) atoms. The standard InChI is InChI=1S/C12H25NO3/c1-9(2)6-8-16-11(4)12(15)13-7-5-10(3)14/h9-11,14H,5-8H2,1-4H3,(H,13,15). The van der Waals surface area contributed by atoms with Gasteiger partial charge in [-0.1, -0.05) is 13.8 Å². The predicted molar refractivity (Wildman–Crippen MR) is 64.2 cm³/mol. The van der Waals surface area contributed by atoms with Crippen molar-refractivity contribution in [1.29, 1.82) is 0 Å². The average molecular weight is 231 g/mol. The zero-order valence-electron chi connectivity index (χ0n) is 10.8. The molecule has 4 heteroatoms. The van der Waals surface area contributed by atoms with Gasteiger partial charge in [-0.05, 0) is 32.6 Å². The highest BCUT2D eigenvalue weighted by atomic mass is 16.5. The first-order valence-electron chi connectivity index (χ1n) is 6.00. The molecule has 2 atom stereocenters. The summed E-state index contributed by atoms with van der Waals surface area (Å²) < 4.78 is 5.40. The summed E-state index contributed by atoms with van der Waals surface area (Å²) in [6, 6.07) is 0. The monoisotopic (exact) mass is 231 g/mol. The Labute approximate surface area is 98.4 Å². The summed E-state index contributed by atoms with van der Waals surface area (Å²) >= 11 is 0. The molecular weight excluding hydrogens is 206 g/mol. The maximum Gasteiger partial charge on any atom is 0.248 e. The van der Waals surface area contributed by atoms with E-state index < -0.39 is 6.10 Å². The summed E-state index contributed by atoms with van der Waals surface area (Å²) in [6.45, 7) is 8.80. The highest BCUT2D eigenvalue weighted by molar-refractivity contribution is 5.80. The van der Waals surface area contributed by atoms with Crippen LogP contribution in [-0.4, -0.2) is 36.4 Å². The molecule has 0 aromatic heterocycles. The summed E-state index contributed by atoms with van der Waals surface area (Å²) in [5.74, 6) is 0.481. The van der Waals surface area contributed by atoms with Crippen molar-refractivity contribution in [2.24, 2.45) is 5.92 Å². The number of hydrogen-bond donors (Lipinski definition) is 2. The number of amides is 1. The van der Waals surface area contributed by atoms with Gasteiger partial charge < -0.3 is 15.2 Å². The third-order valence-electron chi connectivity index (χ3n) is 2.29. The fourth-order valence-electron chi connectivity index (χ4n) is 1.10. The second-order valence-corrected chi connectivity index (χ2v) is 4.62. The Kier molecular flexibility index (Phi) is 8.21. The minimum absolute atomic E-state index is 0.107. The Morgan fingerprint density at radius 2 is 1.88 bits per heavy atom. The highest BCUT2D eigenvalue weighted by Crippen LogP contribution is 2.01. The lowest BCUT2D eigenvalue weighted by Gasteiger charge is -2.14. The van der Waals surface area contributed by atoms with Crippen LogP contribution in [-0.2, 0) is 9.53 Å². The molecule has 0 aliphatic heterocycles. The van der Waals surface area contributed by atoms with Gasteiger partial charge in [-0.2, -0.15) is 0 Å². The minimum Gasteiger partial charge on any atom is -0.393 e. The van der Waals surface area contributed by atoms with Crippen molar-refractivity contribution in [2.75, 3.05) is 13.2 Å². The first-order chi connectivity index (χ1) is 7.43. The summed E-state index contributed by atoms with van der Waals surface area (Å²) in [5.41, 5.74) is 0. The van der Waals surface area contributed by atoms with Gasteiger partial charge in [-0.25, -0.2) is 0 Å². The van der Waals surface area contributed by atoms with Gasteiger partial charge in [0.2, 0.25) is 5.91 Å². The van der Waals surface area contributed by atoms with Crippen LogP contribution in [0.2, 0.25) is 0 Å². The molecule has 0 aromatic rings. The predicted octanol–water partition coefficient (Wildman–Crippen LogP) is 1.32. The third-order valence-corrected chi connectivity index (χ3v) is 2.29. The number of rotatable bonds is 8. The lowest BCUT2D eigenvalue weighted by molar-refractivity contribution is -0.132. The third kappa shape index (κ3) is 8.68. The van der Waals surface area contributed by atoms with Crippen molar-refractivity contribution in [3.63, 3.8) is 0 Å². The highest BCUT2D eigenvalue weighted by Gasteiger charge is 2.12. The number of carbonyl (C=O) groups is 1. The van der Waals surface area contributed by atoms with E-state index in [1.165, 1.54) is 0 Å². The minimum atomic E-state index is -0.409. The van der Waals surface area contributed by atoms with Crippen LogP contribution in [0.15, 0.2) is 0 Å². The van der Waals surface area contributed by atoms with Crippen LogP contribution in [0.4, 0.5) is 0 Å². The molecule has 0 radical (unpaired) electrons. The van der Waals surface area contributed by atoms with Crippen LogP contribution in [0.3, 0.4) is 0 Å². The first kappa shape index (κ1) is 15.4. The van der Waals surface area contributed by atoms with E-state index in [-0.39, 0.29) is 12.0 Å². The zero-order valence-corrected chi connectivity index (χ0v) is 10.8. The average Bonchev–Trinajstić information content (AvgIpc) is 2.16. The largest absolute Gasteiger partial charge is 0.393 e. The van der Waals surface area contributed by atoms with Gasteiger partial charge in [0.25, 0.3) is 0 Å². The van der Waals surface area contributed by atoms with Crippen molar-refractivity contribution < 1.29 is 14.6 Å². The molecule has 0 fully saturated rings. The van der Waals surface area contributed by atoms with Crippen molar-refractivity contribution in [2.45, 2.75) is 52.7 Å². The Morgan fingerprint density at radius 1 is 1.25 bits per heavy atom. The number of ether oxygens (including phenoxy) is 1. The number of nitrogens with one attached hydrogen (secondary N) is 1. The van der Waals surface area contributed by atoms with Gasteiger partial charge in [0.15, 0.2) is 0 Å². The van der Waals surface area contributed by atoms with Gasteiger partial charge in [-0.15, -0.1) is 0 Å². The second kappa shape index (κ2) is 8.53. The Balaban J connectivity index is 3.57. The van der Waals surface area contributed by atoms with Gasteiger partial charge >= 0.3 is 0 Å². The molecule has 0 spiro atoms. The quantitative estimate of drug-likeness (QED) is 0.662. The summed E-state index contributed by atoms with van der Waals surface area (Å²) in [4.78, 5) is 11.5. The smallest absolute Gasteiger partial charge is 0.248 e. The van der Waals surface area contributed by atoms with Gasteiger partial charge in [0.1, 0.15) is 6.10 Å². The van der Waals surface area contributed by atoms with E-state index >= 15 is 0 Å². The van der Waals surface area contributed by atoms with Gasteiger partial charge in [0, 0.05) is 13.2 Å². The van der Waals surface area contributed by atoms with Crippen LogP contribution in [0, 0.1) is 5.92 Å². The molecular formula is C12H25NO3. The number of carbonyl (C=O) groups excluding carboxylic acids is 1. The molecule has 2 N–H and O–H groups in total. The normalized spacial score (nSPS) is 14.9. The van der Waals surface area contributed by atoms with Crippen molar-refractivity contribution >= 4 is 5.91 Å². The molecule has 2 unspecified atom stereocenters. The van der Waals surface area contributed by atoms with Crippen LogP contribution in [0.5, 0.6) is 0 Å². The lowest BCUT2D eigenvalue weighted by atomic mass is 10.1. The zero-order chi connectivity index (χ0) is 12.6. The molecule has 96 valence electrons. The number of hydrogen-bond acceptors (Lipinski definition) is 3. The van der Waals surface area contributed by atoms with Gasteiger partial charge in [-0.3, -0.25) is 4.79 Å². The van der Waals surface area contributed by atoms with E-state index in [9.17, 15) is 4.79 Å². The molecule has 0 aliphatic carbocycles. The maximum absolute atomic E-state index is 11.5. The van der Waals surface area contributed by atoms with E-state index in [1.54, 1.807) is 13.8 Å². The van der Waals surface area contributed by atoms with Crippen molar-refractivity contribution in [1.82, 2.24) is 5.32 Å². The van der Waals surface area contributed by atoms with E-state index in [0.29, 0.717) is 25.5 Å². The number of aliphatic hydroxyl groups is 1. The molecule has 0 aliphatic rings. The van der Waals surface area contributed by atoms with E-state index in [4.69, 9.17) is 9.84 Å². The van der Waals surface area contributed by atoms with Crippen LogP contribution in [0.1, 0.15) is 40.5 Å². The van der Waals surface area contributed by atoms with E-state index in [2.05, 4.69) is 19.2 Å². The van der Waals surface area contributed by atoms with Crippen LogP contribution < -0.4 is 5.32 Å². The molecule has 0 rings (SSSR count). The Bertz CT molecular complexity index is 193. The SMILES string of the molecule is CC(C)CCOC(C)C(=O)NCCC(C)O. The fourth-order valence-corrected chi connectivity index (χ4v) is 1.10. The summed E-state index contributed by atoms with van der Waals surface area (Å²) in [7, 11) is 0. The van der Waals surface area contributed by atoms with Gasteiger partial charge in [0.05, 0.1) is 6.10 Å². The Hall–Kier alpha value is -0.610. The molecule has 0 aromatic carbocycles. The molecule has 0 saturated carbocycles. The first-order valence-corrected chi connectivity index (χ1v) is 6.00. The fraction of sp³-hybridized carbons (Fsp3) is 0.917.